The number of carbonyl (C=O) groups excluding carboxylic acids is 2. The third-order valence-electron chi connectivity index (χ3n) is 5.92. The monoisotopic (exact) mass is 480 g/mol. The summed E-state index contributed by atoms with van der Waals surface area (Å²) < 4.78 is 20.8. The van der Waals surface area contributed by atoms with Crippen LogP contribution < -0.4 is 14.8 Å². The van der Waals surface area contributed by atoms with Gasteiger partial charge in [-0.15, -0.1) is 0 Å². The molecule has 2 heterocycles. The summed E-state index contributed by atoms with van der Waals surface area (Å²) in [4.78, 5) is 31.1. The highest BCUT2D eigenvalue weighted by Gasteiger charge is 2.27. The van der Waals surface area contributed by atoms with Crippen molar-refractivity contribution in [2.24, 2.45) is 5.92 Å². The third-order valence-corrected chi connectivity index (χ3v) is 5.92. The predicted octanol–water partition coefficient (Wildman–Crippen LogP) is 3.39. The SMILES string of the molecule is COC(=O)c1ccc(NC(=O)[C@H]2CCCN(Cc3nc(-c4ccc(OC)c(OC)c4)no3)C2)cc1. The van der Waals surface area contributed by atoms with E-state index >= 15 is 0 Å². The van der Waals surface area contributed by atoms with Crippen LogP contribution in [0, 0.1) is 5.92 Å². The number of anilines is 1. The molecule has 35 heavy (non-hydrogen) atoms. The van der Waals surface area contributed by atoms with E-state index in [1.54, 1.807) is 50.6 Å². The van der Waals surface area contributed by atoms with Crippen LogP contribution in [-0.4, -0.2) is 61.3 Å². The Labute approximate surface area is 203 Å². The van der Waals surface area contributed by atoms with E-state index in [-0.39, 0.29) is 11.8 Å². The van der Waals surface area contributed by atoms with Crippen LogP contribution in [0.3, 0.4) is 0 Å². The van der Waals surface area contributed by atoms with Crippen molar-refractivity contribution in [1.82, 2.24) is 15.0 Å². The molecule has 184 valence electrons. The van der Waals surface area contributed by atoms with Crippen LogP contribution in [0.15, 0.2) is 47.0 Å². The smallest absolute Gasteiger partial charge is 0.337 e. The Morgan fingerprint density at radius 3 is 2.57 bits per heavy atom. The van der Waals surface area contributed by atoms with Crippen molar-refractivity contribution >= 4 is 17.6 Å². The van der Waals surface area contributed by atoms with Gasteiger partial charge in [0.2, 0.25) is 17.6 Å². The molecule has 1 amide bonds. The Balaban J connectivity index is 1.35. The molecule has 1 aliphatic heterocycles. The van der Waals surface area contributed by atoms with Crippen LogP contribution in [0.2, 0.25) is 0 Å². The van der Waals surface area contributed by atoms with E-state index < -0.39 is 5.97 Å². The van der Waals surface area contributed by atoms with Gasteiger partial charge in [0, 0.05) is 17.8 Å². The first-order chi connectivity index (χ1) is 17.0. The number of carbonyl (C=O) groups is 2. The molecule has 1 N–H and O–H groups in total. The van der Waals surface area contributed by atoms with Gasteiger partial charge in [-0.2, -0.15) is 4.98 Å². The topological polar surface area (TPSA) is 116 Å². The Hall–Kier alpha value is -3.92. The van der Waals surface area contributed by atoms with Gasteiger partial charge in [0.15, 0.2) is 11.5 Å². The van der Waals surface area contributed by atoms with Crippen molar-refractivity contribution < 1.29 is 28.3 Å². The van der Waals surface area contributed by atoms with E-state index in [0.717, 1.165) is 24.9 Å². The predicted molar refractivity (Wildman–Crippen MR) is 127 cm³/mol. The summed E-state index contributed by atoms with van der Waals surface area (Å²) in [6, 6.07) is 12.1. The number of amides is 1. The molecular weight excluding hydrogens is 452 g/mol. The number of likely N-dealkylation sites (tertiary alicyclic amines) is 1. The fourth-order valence-corrected chi connectivity index (χ4v) is 4.07. The van der Waals surface area contributed by atoms with Crippen LogP contribution in [0.25, 0.3) is 11.4 Å². The second-order valence-electron chi connectivity index (χ2n) is 8.21. The minimum absolute atomic E-state index is 0.0583. The quantitative estimate of drug-likeness (QED) is 0.484. The number of piperidine rings is 1. The van der Waals surface area contributed by atoms with Crippen LogP contribution >= 0.6 is 0 Å². The van der Waals surface area contributed by atoms with Gasteiger partial charge in [0.25, 0.3) is 0 Å². The Bertz CT molecular complexity index is 1180. The molecule has 4 rings (SSSR count). The molecule has 0 aliphatic carbocycles. The highest BCUT2D eigenvalue weighted by Crippen LogP contribution is 2.31. The maximum absolute atomic E-state index is 12.8. The number of nitrogens with one attached hydrogen (secondary N) is 1. The minimum atomic E-state index is -0.416. The Morgan fingerprint density at radius 1 is 1.09 bits per heavy atom. The van der Waals surface area contributed by atoms with Crippen molar-refractivity contribution in [1.29, 1.82) is 0 Å². The summed E-state index contributed by atoms with van der Waals surface area (Å²) >= 11 is 0. The number of nitrogens with zero attached hydrogens (tertiary/aromatic N) is 3. The summed E-state index contributed by atoms with van der Waals surface area (Å²) in [7, 11) is 4.48. The summed E-state index contributed by atoms with van der Waals surface area (Å²) in [5, 5.41) is 7.03. The van der Waals surface area contributed by atoms with E-state index in [2.05, 4.69) is 20.4 Å². The standard InChI is InChI=1S/C25H28N4O6/c1-32-20-11-8-17(13-21(20)33-2)23-27-22(35-28-23)15-29-12-4-5-18(14-29)24(30)26-19-9-6-16(7-10-19)25(31)34-3/h6-11,13,18H,4-5,12,14-15H2,1-3H3,(H,26,30)/t18-/m0/s1. The number of esters is 1. The summed E-state index contributed by atoms with van der Waals surface area (Å²) in [5.74, 6) is 1.51. The lowest BCUT2D eigenvalue weighted by Gasteiger charge is -2.30. The van der Waals surface area contributed by atoms with Crippen LogP contribution in [-0.2, 0) is 16.1 Å². The molecular formula is C25H28N4O6. The second kappa shape index (κ2) is 11.0. The number of hydrogen-bond acceptors (Lipinski definition) is 9. The van der Waals surface area contributed by atoms with Gasteiger partial charge < -0.3 is 24.1 Å². The summed E-state index contributed by atoms with van der Waals surface area (Å²) in [5.41, 5.74) is 1.82. The lowest BCUT2D eigenvalue weighted by Crippen LogP contribution is -2.40. The molecule has 0 unspecified atom stereocenters. The molecule has 0 radical (unpaired) electrons. The second-order valence-corrected chi connectivity index (χ2v) is 8.21. The van der Waals surface area contributed by atoms with Crippen LogP contribution in [0.4, 0.5) is 5.69 Å². The third kappa shape index (κ3) is 5.78. The highest BCUT2D eigenvalue weighted by molar-refractivity contribution is 5.94. The number of hydrogen-bond donors (Lipinski definition) is 1. The lowest BCUT2D eigenvalue weighted by molar-refractivity contribution is -0.121. The number of aromatic nitrogens is 2. The summed E-state index contributed by atoms with van der Waals surface area (Å²) in [6.45, 7) is 1.88. The van der Waals surface area contributed by atoms with E-state index in [1.165, 1.54) is 7.11 Å². The first-order valence-electron chi connectivity index (χ1n) is 11.3. The molecule has 1 aromatic heterocycles. The molecule has 2 aromatic carbocycles. The highest BCUT2D eigenvalue weighted by atomic mass is 16.5. The fraction of sp³-hybridized carbons (Fsp3) is 0.360. The molecule has 1 aliphatic rings. The van der Waals surface area contributed by atoms with Crippen molar-refractivity contribution in [3.63, 3.8) is 0 Å². The van der Waals surface area contributed by atoms with Gasteiger partial charge in [0.05, 0.1) is 39.4 Å². The minimum Gasteiger partial charge on any atom is -0.493 e. The largest absolute Gasteiger partial charge is 0.493 e. The van der Waals surface area contributed by atoms with Crippen molar-refractivity contribution in [3.05, 3.63) is 53.9 Å². The summed E-state index contributed by atoms with van der Waals surface area (Å²) in [6.07, 6.45) is 1.68. The van der Waals surface area contributed by atoms with Gasteiger partial charge in [-0.25, -0.2) is 4.79 Å². The molecule has 0 bridgehead atoms. The van der Waals surface area contributed by atoms with E-state index in [0.29, 0.717) is 47.6 Å². The van der Waals surface area contributed by atoms with Crippen molar-refractivity contribution in [3.8, 4) is 22.9 Å². The molecule has 10 heteroatoms. The molecule has 1 atom stereocenters. The Kier molecular flexibility index (Phi) is 7.61. The number of benzene rings is 2. The van der Waals surface area contributed by atoms with E-state index in [1.807, 2.05) is 6.07 Å². The van der Waals surface area contributed by atoms with Crippen LogP contribution in [0.1, 0.15) is 29.1 Å². The first kappa shape index (κ1) is 24.2. The first-order valence-corrected chi connectivity index (χ1v) is 11.3. The average Bonchev–Trinajstić information content (AvgIpc) is 3.36. The Morgan fingerprint density at radius 2 is 1.86 bits per heavy atom. The fourth-order valence-electron chi connectivity index (χ4n) is 4.07. The molecule has 1 saturated heterocycles. The van der Waals surface area contributed by atoms with Crippen LogP contribution in [0.5, 0.6) is 11.5 Å². The average molecular weight is 481 g/mol. The number of rotatable bonds is 8. The molecule has 0 saturated carbocycles. The zero-order valence-corrected chi connectivity index (χ0v) is 19.9. The van der Waals surface area contributed by atoms with Crippen molar-refractivity contribution in [2.75, 3.05) is 39.7 Å². The number of methoxy groups -OCH3 is 3. The van der Waals surface area contributed by atoms with Gasteiger partial charge in [0.1, 0.15) is 0 Å². The normalized spacial score (nSPS) is 15.9. The van der Waals surface area contributed by atoms with E-state index in [4.69, 9.17) is 18.7 Å². The zero-order chi connectivity index (χ0) is 24.8. The number of ether oxygens (including phenoxy) is 3. The molecule has 3 aromatic rings. The van der Waals surface area contributed by atoms with Gasteiger partial charge in [-0.1, -0.05) is 5.16 Å². The van der Waals surface area contributed by atoms with Gasteiger partial charge in [-0.3, -0.25) is 9.69 Å². The van der Waals surface area contributed by atoms with Crippen molar-refractivity contribution in [2.45, 2.75) is 19.4 Å². The van der Waals surface area contributed by atoms with E-state index in [9.17, 15) is 9.59 Å². The van der Waals surface area contributed by atoms with Gasteiger partial charge in [-0.05, 0) is 61.9 Å². The maximum Gasteiger partial charge on any atom is 0.337 e. The molecule has 1 fully saturated rings. The van der Waals surface area contributed by atoms with Gasteiger partial charge >= 0.3 is 5.97 Å². The molecule has 0 spiro atoms. The zero-order valence-electron chi connectivity index (χ0n) is 19.9. The lowest BCUT2D eigenvalue weighted by atomic mass is 9.97. The molecule has 10 nitrogen and oxygen atoms in total. The maximum atomic E-state index is 12.8.